The van der Waals surface area contributed by atoms with Crippen LogP contribution in [-0.2, 0) is 11.3 Å². The number of nitrogens with one attached hydrogen (secondary N) is 1. The summed E-state index contributed by atoms with van der Waals surface area (Å²) in [5.41, 5.74) is 5.71. The Morgan fingerprint density at radius 1 is 1.45 bits per heavy atom. The minimum absolute atomic E-state index is 0.0175. The first-order chi connectivity index (χ1) is 9.31. The average Bonchev–Trinajstić information content (AvgIpc) is 2.31. The Bertz CT molecular complexity index is 470. The zero-order valence-corrected chi connectivity index (χ0v) is 12.0. The summed E-state index contributed by atoms with van der Waals surface area (Å²) in [6.45, 7) is 0.884. The lowest BCUT2D eigenvalue weighted by Gasteiger charge is -2.20. The summed E-state index contributed by atoms with van der Waals surface area (Å²) in [5, 5.41) is 3.31. The van der Waals surface area contributed by atoms with Crippen molar-refractivity contribution >= 4 is 17.5 Å². The maximum Gasteiger partial charge on any atom is 0.387 e. The van der Waals surface area contributed by atoms with E-state index in [0.29, 0.717) is 10.6 Å². The molecule has 1 aromatic carbocycles. The number of nitrogens with two attached hydrogens (primary N) is 1. The van der Waals surface area contributed by atoms with Crippen molar-refractivity contribution in [2.75, 3.05) is 0 Å². The molecule has 4 nitrogen and oxygen atoms in total. The van der Waals surface area contributed by atoms with E-state index in [4.69, 9.17) is 17.3 Å². The Morgan fingerprint density at radius 2 is 2.10 bits per heavy atom. The van der Waals surface area contributed by atoms with Crippen LogP contribution in [0, 0.1) is 5.92 Å². The number of ether oxygens (including phenoxy) is 1. The third-order valence-electron chi connectivity index (χ3n) is 2.72. The first-order valence-electron chi connectivity index (χ1n) is 6.07. The SMILES string of the molecule is CC(C)C(NCc1cc(Cl)ccc1OC(F)F)C(N)=O. The monoisotopic (exact) mass is 306 g/mol. The molecule has 0 fully saturated rings. The van der Waals surface area contributed by atoms with Crippen molar-refractivity contribution in [1.29, 1.82) is 0 Å². The molecule has 3 N–H and O–H groups in total. The number of rotatable bonds is 7. The van der Waals surface area contributed by atoms with Crippen LogP contribution in [0.1, 0.15) is 19.4 Å². The maximum absolute atomic E-state index is 12.3. The van der Waals surface area contributed by atoms with Crippen molar-refractivity contribution in [2.45, 2.75) is 33.0 Å². The predicted molar refractivity (Wildman–Crippen MR) is 72.7 cm³/mol. The van der Waals surface area contributed by atoms with E-state index in [1.165, 1.54) is 18.2 Å². The highest BCUT2D eigenvalue weighted by Gasteiger charge is 2.19. The molecular formula is C13H17ClF2N2O2. The smallest absolute Gasteiger partial charge is 0.387 e. The number of benzene rings is 1. The molecule has 1 unspecified atom stereocenters. The minimum atomic E-state index is -2.92. The molecule has 0 aliphatic rings. The lowest BCUT2D eigenvalue weighted by atomic mass is 10.0. The van der Waals surface area contributed by atoms with Crippen LogP contribution in [-0.4, -0.2) is 18.6 Å². The quantitative estimate of drug-likeness (QED) is 0.813. The molecule has 1 amide bonds. The zero-order valence-electron chi connectivity index (χ0n) is 11.2. The molecule has 20 heavy (non-hydrogen) atoms. The van der Waals surface area contributed by atoms with Crippen LogP contribution in [0.25, 0.3) is 0 Å². The number of halogens is 3. The second-order valence-corrected chi connectivity index (χ2v) is 5.07. The molecule has 0 bridgehead atoms. The molecule has 1 aromatic rings. The van der Waals surface area contributed by atoms with E-state index >= 15 is 0 Å². The molecule has 0 spiro atoms. The summed E-state index contributed by atoms with van der Waals surface area (Å²) < 4.78 is 29.0. The summed E-state index contributed by atoms with van der Waals surface area (Å²) in [6.07, 6.45) is 0. The van der Waals surface area contributed by atoms with Crippen LogP contribution < -0.4 is 15.8 Å². The molecule has 0 aromatic heterocycles. The van der Waals surface area contributed by atoms with Crippen molar-refractivity contribution in [3.05, 3.63) is 28.8 Å². The van der Waals surface area contributed by atoms with E-state index in [1.807, 2.05) is 13.8 Å². The van der Waals surface area contributed by atoms with Crippen molar-refractivity contribution in [3.8, 4) is 5.75 Å². The van der Waals surface area contributed by atoms with Crippen LogP contribution in [0.5, 0.6) is 5.75 Å². The fourth-order valence-corrected chi connectivity index (χ4v) is 1.98. The molecule has 7 heteroatoms. The van der Waals surface area contributed by atoms with E-state index in [1.54, 1.807) is 0 Å². The Hall–Kier alpha value is -1.40. The molecule has 0 saturated heterocycles. The van der Waals surface area contributed by atoms with Gasteiger partial charge in [0.2, 0.25) is 5.91 Å². The van der Waals surface area contributed by atoms with Gasteiger partial charge in [-0.25, -0.2) is 0 Å². The Kier molecular flexibility index (Phi) is 6.16. The van der Waals surface area contributed by atoms with E-state index in [2.05, 4.69) is 10.1 Å². The summed E-state index contributed by atoms with van der Waals surface area (Å²) in [4.78, 5) is 11.3. The van der Waals surface area contributed by atoms with Gasteiger partial charge in [-0.2, -0.15) is 8.78 Å². The average molecular weight is 307 g/mol. The van der Waals surface area contributed by atoms with Gasteiger partial charge in [0.05, 0.1) is 6.04 Å². The van der Waals surface area contributed by atoms with Crippen LogP contribution in [0.2, 0.25) is 5.02 Å². The van der Waals surface area contributed by atoms with Crippen molar-refractivity contribution < 1.29 is 18.3 Å². The van der Waals surface area contributed by atoms with E-state index in [0.717, 1.165) is 0 Å². The highest BCUT2D eigenvalue weighted by atomic mass is 35.5. The van der Waals surface area contributed by atoms with E-state index in [-0.39, 0.29) is 18.2 Å². The number of hydrogen-bond acceptors (Lipinski definition) is 3. The first kappa shape index (κ1) is 16.7. The number of primary amides is 1. The van der Waals surface area contributed by atoms with Gasteiger partial charge >= 0.3 is 6.61 Å². The highest BCUT2D eigenvalue weighted by Crippen LogP contribution is 2.24. The highest BCUT2D eigenvalue weighted by molar-refractivity contribution is 6.30. The van der Waals surface area contributed by atoms with E-state index < -0.39 is 18.6 Å². The zero-order chi connectivity index (χ0) is 15.3. The second-order valence-electron chi connectivity index (χ2n) is 4.64. The Balaban J connectivity index is 2.84. The molecular weight excluding hydrogens is 290 g/mol. The molecule has 0 heterocycles. The topological polar surface area (TPSA) is 64.3 Å². The van der Waals surface area contributed by atoms with Gasteiger partial charge < -0.3 is 15.8 Å². The number of amides is 1. The molecule has 0 saturated carbocycles. The normalized spacial score (nSPS) is 12.8. The maximum atomic E-state index is 12.3. The summed E-state index contributed by atoms with van der Waals surface area (Å²) in [7, 11) is 0. The number of carbonyl (C=O) groups excluding carboxylic acids is 1. The number of carbonyl (C=O) groups is 1. The minimum Gasteiger partial charge on any atom is -0.434 e. The number of alkyl halides is 2. The largest absolute Gasteiger partial charge is 0.434 e. The predicted octanol–water partition coefficient (Wildman–Crippen LogP) is 2.54. The van der Waals surface area contributed by atoms with Gasteiger partial charge in [0.15, 0.2) is 0 Å². The molecule has 112 valence electrons. The van der Waals surface area contributed by atoms with Crippen LogP contribution in [0.15, 0.2) is 18.2 Å². The third-order valence-corrected chi connectivity index (χ3v) is 2.96. The van der Waals surface area contributed by atoms with Crippen LogP contribution in [0.4, 0.5) is 8.78 Å². The molecule has 1 rings (SSSR count). The van der Waals surface area contributed by atoms with Crippen molar-refractivity contribution in [1.82, 2.24) is 5.32 Å². The first-order valence-corrected chi connectivity index (χ1v) is 6.45. The second kappa shape index (κ2) is 7.40. The van der Waals surface area contributed by atoms with Gasteiger partial charge in [-0.05, 0) is 24.1 Å². The standard InChI is InChI=1S/C13H17ClF2N2O2/c1-7(2)11(12(17)19)18-6-8-5-9(14)3-4-10(8)20-13(15)16/h3-5,7,11,13,18H,6H2,1-2H3,(H2,17,19). The van der Waals surface area contributed by atoms with Crippen molar-refractivity contribution in [2.24, 2.45) is 11.7 Å². The lowest BCUT2D eigenvalue weighted by Crippen LogP contribution is -2.44. The van der Waals surface area contributed by atoms with E-state index in [9.17, 15) is 13.6 Å². The lowest BCUT2D eigenvalue weighted by molar-refractivity contribution is -0.121. The Morgan fingerprint density at radius 3 is 2.60 bits per heavy atom. The molecule has 0 aliphatic heterocycles. The Labute approximate surface area is 121 Å². The van der Waals surface area contributed by atoms with Crippen LogP contribution in [0.3, 0.4) is 0 Å². The molecule has 1 atom stereocenters. The van der Waals surface area contributed by atoms with Gasteiger partial charge in [0, 0.05) is 17.1 Å². The van der Waals surface area contributed by atoms with Gasteiger partial charge in [0.25, 0.3) is 0 Å². The van der Waals surface area contributed by atoms with Crippen LogP contribution >= 0.6 is 11.6 Å². The summed E-state index contributed by atoms with van der Waals surface area (Å²) in [5.74, 6) is -0.506. The fourth-order valence-electron chi connectivity index (χ4n) is 1.78. The van der Waals surface area contributed by atoms with Gasteiger partial charge in [-0.3, -0.25) is 4.79 Å². The van der Waals surface area contributed by atoms with Gasteiger partial charge in [-0.1, -0.05) is 25.4 Å². The fraction of sp³-hybridized carbons (Fsp3) is 0.462. The molecule has 0 aliphatic carbocycles. The molecule has 0 radical (unpaired) electrons. The number of hydrogen-bond donors (Lipinski definition) is 2. The summed E-state index contributed by atoms with van der Waals surface area (Å²) in [6, 6.07) is 3.76. The van der Waals surface area contributed by atoms with Crippen molar-refractivity contribution in [3.63, 3.8) is 0 Å². The summed E-state index contributed by atoms with van der Waals surface area (Å²) >= 11 is 5.83. The van der Waals surface area contributed by atoms with Gasteiger partial charge in [-0.15, -0.1) is 0 Å². The van der Waals surface area contributed by atoms with Gasteiger partial charge in [0.1, 0.15) is 5.75 Å². The third kappa shape index (κ3) is 4.94.